The van der Waals surface area contributed by atoms with Crippen LogP contribution in [0.5, 0.6) is 0 Å². The zero-order chi connectivity index (χ0) is 15.0. The number of pyridine rings is 1. The molecule has 2 heterocycles. The molecule has 7 heteroatoms. The summed E-state index contributed by atoms with van der Waals surface area (Å²) in [7, 11) is 0. The predicted molar refractivity (Wildman–Crippen MR) is 79.7 cm³/mol. The number of thiocarbonyl (C=S) groups is 1. The number of rotatable bonds is 3. The molecule has 106 valence electrons. The van der Waals surface area contributed by atoms with E-state index in [1.807, 2.05) is 0 Å². The minimum Gasteiger partial charge on any atom is -0.406 e. The Morgan fingerprint density at radius 2 is 2.24 bits per heavy atom. The molecule has 0 saturated heterocycles. The topological polar surface area (TPSA) is 74.0 Å². The summed E-state index contributed by atoms with van der Waals surface area (Å²) in [5, 5.41) is 0. The highest BCUT2D eigenvalue weighted by Gasteiger charge is 2.11. The Balaban J connectivity index is 2.09. The lowest BCUT2D eigenvalue weighted by atomic mass is 10.1. The number of oxazole rings is 1. The number of nitrogens with two attached hydrogens (primary N) is 1. The second-order valence-corrected chi connectivity index (χ2v) is 4.93. The molecule has 0 bridgehead atoms. The largest absolute Gasteiger partial charge is 0.421 e. The number of nitrogens with zero attached hydrogens (tertiary/aromatic N) is 2. The monoisotopic (exact) mass is 303 g/mol. The van der Waals surface area contributed by atoms with Crippen molar-refractivity contribution in [1.29, 1.82) is 0 Å². The third kappa shape index (κ3) is 2.55. The van der Waals surface area contributed by atoms with Crippen LogP contribution in [0.1, 0.15) is 11.1 Å². The number of hydrogen-bond donors (Lipinski definition) is 1. The molecule has 1 aromatic carbocycles. The lowest BCUT2D eigenvalue weighted by Gasteiger charge is -2.05. The minimum absolute atomic E-state index is 0.0956. The molecule has 0 aliphatic rings. The van der Waals surface area contributed by atoms with Crippen LogP contribution in [-0.2, 0) is 6.54 Å². The molecule has 21 heavy (non-hydrogen) atoms. The van der Waals surface area contributed by atoms with E-state index >= 15 is 0 Å². The third-order valence-electron chi connectivity index (χ3n) is 3.01. The van der Waals surface area contributed by atoms with Crippen LogP contribution in [0.15, 0.2) is 45.7 Å². The number of benzene rings is 1. The van der Waals surface area contributed by atoms with Gasteiger partial charge in [0.2, 0.25) is 0 Å². The molecule has 0 fully saturated rings. The maximum atomic E-state index is 13.6. The zero-order valence-corrected chi connectivity index (χ0v) is 11.6. The van der Waals surface area contributed by atoms with Crippen LogP contribution in [0.4, 0.5) is 4.39 Å². The zero-order valence-electron chi connectivity index (χ0n) is 10.7. The molecule has 0 radical (unpaired) electrons. The first kappa shape index (κ1) is 13.4. The van der Waals surface area contributed by atoms with E-state index in [1.54, 1.807) is 24.4 Å². The van der Waals surface area contributed by atoms with Gasteiger partial charge in [0.15, 0.2) is 11.2 Å². The van der Waals surface area contributed by atoms with E-state index in [2.05, 4.69) is 4.98 Å². The summed E-state index contributed by atoms with van der Waals surface area (Å²) in [6, 6.07) is 7.52. The molecule has 2 aromatic heterocycles. The van der Waals surface area contributed by atoms with Gasteiger partial charge in [-0.2, -0.15) is 0 Å². The molecule has 0 saturated carbocycles. The van der Waals surface area contributed by atoms with Gasteiger partial charge in [-0.25, -0.2) is 14.2 Å². The Bertz CT molecular complexity index is 901. The van der Waals surface area contributed by atoms with Gasteiger partial charge in [0.25, 0.3) is 0 Å². The second kappa shape index (κ2) is 5.10. The van der Waals surface area contributed by atoms with E-state index in [0.29, 0.717) is 22.4 Å². The summed E-state index contributed by atoms with van der Waals surface area (Å²) < 4.78 is 20.0. The minimum atomic E-state index is -0.551. The highest BCUT2D eigenvalue weighted by atomic mass is 32.1. The van der Waals surface area contributed by atoms with Gasteiger partial charge in [0, 0.05) is 11.8 Å². The van der Waals surface area contributed by atoms with Crippen molar-refractivity contribution in [3.8, 4) is 0 Å². The fraction of sp³-hybridized carbons (Fsp3) is 0.0714. The van der Waals surface area contributed by atoms with Gasteiger partial charge in [-0.3, -0.25) is 4.57 Å². The average molecular weight is 303 g/mol. The number of halogens is 1. The summed E-state index contributed by atoms with van der Waals surface area (Å²) >= 11 is 4.84. The molecule has 5 nitrogen and oxygen atoms in total. The van der Waals surface area contributed by atoms with Crippen molar-refractivity contribution >= 4 is 28.4 Å². The maximum absolute atomic E-state index is 13.6. The van der Waals surface area contributed by atoms with E-state index < -0.39 is 11.6 Å². The van der Waals surface area contributed by atoms with Crippen LogP contribution in [0, 0.1) is 5.82 Å². The van der Waals surface area contributed by atoms with Crippen molar-refractivity contribution in [3.63, 3.8) is 0 Å². The Morgan fingerprint density at radius 1 is 1.43 bits per heavy atom. The highest BCUT2D eigenvalue weighted by Crippen LogP contribution is 2.14. The molecular formula is C14H10FN3O2S. The van der Waals surface area contributed by atoms with Crippen LogP contribution >= 0.6 is 12.2 Å². The van der Waals surface area contributed by atoms with E-state index in [9.17, 15) is 9.18 Å². The maximum Gasteiger partial charge on any atom is 0.421 e. The van der Waals surface area contributed by atoms with Crippen molar-refractivity contribution in [1.82, 2.24) is 9.55 Å². The normalized spacial score (nSPS) is 10.9. The molecule has 0 unspecified atom stereocenters. The van der Waals surface area contributed by atoms with E-state index in [-0.39, 0.29) is 11.5 Å². The molecule has 0 aliphatic heterocycles. The molecule has 0 spiro atoms. The Morgan fingerprint density at radius 3 is 3.00 bits per heavy atom. The van der Waals surface area contributed by atoms with E-state index in [0.717, 1.165) is 0 Å². The highest BCUT2D eigenvalue weighted by molar-refractivity contribution is 7.80. The van der Waals surface area contributed by atoms with Gasteiger partial charge in [-0.15, -0.1) is 0 Å². The van der Waals surface area contributed by atoms with Crippen molar-refractivity contribution in [3.05, 3.63) is 64.0 Å². The summed E-state index contributed by atoms with van der Waals surface area (Å²) in [6.07, 6.45) is 1.56. The second-order valence-electron chi connectivity index (χ2n) is 4.49. The molecular weight excluding hydrogens is 293 g/mol. The van der Waals surface area contributed by atoms with Gasteiger partial charge >= 0.3 is 5.76 Å². The number of aromatic nitrogens is 2. The van der Waals surface area contributed by atoms with Crippen molar-refractivity contribution < 1.29 is 8.81 Å². The van der Waals surface area contributed by atoms with E-state index in [4.69, 9.17) is 22.4 Å². The van der Waals surface area contributed by atoms with Crippen molar-refractivity contribution in [2.45, 2.75) is 6.54 Å². The van der Waals surface area contributed by atoms with Gasteiger partial charge in [0.05, 0.1) is 6.54 Å². The first-order valence-electron chi connectivity index (χ1n) is 6.08. The number of hydrogen-bond acceptors (Lipinski definition) is 4. The molecule has 0 amide bonds. The Hall–Kier alpha value is -2.54. The van der Waals surface area contributed by atoms with Gasteiger partial charge in [0.1, 0.15) is 10.8 Å². The lowest BCUT2D eigenvalue weighted by Crippen LogP contribution is -2.16. The first-order chi connectivity index (χ1) is 10.0. The van der Waals surface area contributed by atoms with Crippen LogP contribution in [0.25, 0.3) is 11.2 Å². The predicted octanol–water partition coefficient (Wildman–Crippen LogP) is 1.81. The lowest BCUT2D eigenvalue weighted by molar-refractivity contribution is 0.517. The van der Waals surface area contributed by atoms with Crippen LogP contribution in [0.2, 0.25) is 0 Å². The van der Waals surface area contributed by atoms with Crippen molar-refractivity contribution in [2.24, 2.45) is 5.73 Å². The smallest absolute Gasteiger partial charge is 0.406 e. The van der Waals surface area contributed by atoms with Crippen molar-refractivity contribution in [2.75, 3.05) is 0 Å². The Kier molecular flexibility index (Phi) is 3.26. The van der Waals surface area contributed by atoms with Crippen LogP contribution in [0.3, 0.4) is 0 Å². The average Bonchev–Trinajstić information content (AvgIpc) is 2.75. The quantitative estimate of drug-likeness (QED) is 0.747. The molecule has 2 N–H and O–H groups in total. The summed E-state index contributed by atoms with van der Waals surface area (Å²) in [5.41, 5.74) is 7.26. The Labute approximate surface area is 123 Å². The third-order valence-corrected chi connectivity index (χ3v) is 3.24. The van der Waals surface area contributed by atoms with Crippen LogP contribution < -0.4 is 11.5 Å². The van der Waals surface area contributed by atoms with Gasteiger partial charge in [-0.1, -0.05) is 12.2 Å². The van der Waals surface area contributed by atoms with E-state index in [1.165, 1.54) is 16.7 Å². The summed E-state index contributed by atoms with van der Waals surface area (Å²) in [5.74, 6) is -1.02. The molecule has 3 rings (SSSR count). The van der Waals surface area contributed by atoms with Gasteiger partial charge < -0.3 is 10.2 Å². The standard InChI is InChI=1S/C14H10FN3O2S/c15-10-5-8(4-9(6-10)12(16)21)7-18-13-11(20-14(18)19)2-1-3-17-13/h1-6H,7H2,(H2,16,21). The number of fused-ring (bicyclic) bond motifs is 1. The van der Waals surface area contributed by atoms with Crippen LogP contribution in [-0.4, -0.2) is 14.5 Å². The fourth-order valence-corrected chi connectivity index (χ4v) is 2.22. The molecule has 3 aromatic rings. The molecule has 0 aliphatic carbocycles. The summed E-state index contributed by atoms with van der Waals surface area (Å²) in [4.78, 5) is 16.1. The SMILES string of the molecule is NC(=S)c1cc(F)cc(Cn2c(=O)oc3cccnc32)c1. The first-order valence-corrected chi connectivity index (χ1v) is 6.49. The fourth-order valence-electron chi connectivity index (χ4n) is 2.11. The summed E-state index contributed by atoms with van der Waals surface area (Å²) in [6.45, 7) is 0.121. The van der Waals surface area contributed by atoms with Gasteiger partial charge in [-0.05, 0) is 35.9 Å². The molecule has 0 atom stereocenters.